The largest absolute Gasteiger partial charge is 0.743 e. The zero-order chi connectivity index (χ0) is 29.0. The number of esters is 3. The van der Waals surface area contributed by atoms with Crippen LogP contribution in [0.25, 0.3) is 0 Å². The van der Waals surface area contributed by atoms with Gasteiger partial charge in [0.05, 0.1) is 10.5 Å². The van der Waals surface area contributed by atoms with Gasteiger partial charge in [0.1, 0.15) is 22.6 Å². The fourth-order valence-corrected chi connectivity index (χ4v) is 3.51. The molecule has 0 aliphatic rings. The van der Waals surface area contributed by atoms with Crippen molar-refractivity contribution < 1.29 is 55.3 Å². The predicted octanol–water partition coefficient (Wildman–Crippen LogP) is 3.93. The van der Waals surface area contributed by atoms with E-state index < -0.39 is 61.8 Å². The number of carbonyl (C=O) groups excluding carboxylic acids is 3. The first kappa shape index (κ1) is 29.5. The number of hydrogen-bond donors (Lipinski definition) is 0. The molecular formula is C23H13F2INO11S-. The molecule has 0 aliphatic heterocycles. The van der Waals surface area contributed by atoms with E-state index in [1.165, 1.54) is 30.3 Å². The van der Waals surface area contributed by atoms with E-state index in [9.17, 15) is 46.2 Å². The number of benzene rings is 3. The van der Waals surface area contributed by atoms with Gasteiger partial charge in [0.25, 0.3) is 5.69 Å². The first-order valence-electron chi connectivity index (χ1n) is 10.3. The highest BCUT2D eigenvalue weighted by Crippen LogP contribution is 2.29. The molecule has 0 amide bonds. The molecular weight excluding hydrogens is 663 g/mol. The standard InChI is InChI=1S/C23H14F2INO11S/c24-23(25,39(33,34)35)12-36-21(29)17-11-15(7-9-18(17)27(31)32)37-22(30)16-8-6-14(26)10-19(16)38-20(28)13-4-2-1-3-5-13/h1-11H,12H2,(H,33,34,35)/p-1. The second-order valence-corrected chi connectivity index (χ2v) is 10.1. The van der Waals surface area contributed by atoms with Crippen LogP contribution in [0.1, 0.15) is 31.1 Å². The summed E-state index contributed by atoms with van der Waals surface area (Å²) >= 11 is 1.90. The van der Waals surface area contributed by atoms with Gasteiger partial charge in [-0.1, -0.05) is 18.2 Å². The van der Waals surface area contributed by atoms with Gasteiger partial charge in [-0.3, -0.25) is 10.1 Å². The maximum absolute atomic E-state index is 13.4. The molecule has 0 aromatic heterocycles. The number of nitro groups is 1. The number of nitrogens with zero attached hydrogens (tertiary/aromatic N) is 1. The van der Waals surface area contributed by atoms with Crippen LogP contribution in [-0.2, 0) is 14.9 Å². The maximum Gasteiger partial charge on any atom is 0.367 e. The van der Waals surface area contributed by atoms with E-state index in [-0.39, 0.29) is 16.9 Å². The van der Waals surface area contributed by atoms with E-state index >= 15 is 0 Å². The van der Waals surface area contributed by atoms with Crippen LogP contribution in [0.4, 0.5) is 14.5 Å². The SMILES string of the molecule is O=C(Oc1cc(I)ccc1C(=O)Oc1ccc([N+](=O)[O-])c(C(=O)OCC(F)(F)S(=O)(=O)[O-])c1)c1ccccc1. The molecule has 0 aliphatic carbocycles. The Balaban J connectivity index is 1.87. The molecule has 0 heterocycles. The summed E-state index contributed by atoms with van der Waals surface area (Å²) in [5.41, 5.74) is -2.00. The Morgan fingerprint density at radius 3 is 2.18 bits per heavy atom. The number of ether oxygens (including phenoxy) is 3. The third-order valence-electron chi connectivity index (χ3n) is 4.71. The summed E-state index contributed by atoms with van der Waals surface area (Å²) in [7, 11) is -6.20. The molecule has 39 heavy (non-hydrogen) atoms. The van der Waals surface area contributed by atoms with Gasteiger partial charge in [0.15, 0.2) is 16.7 Å². The van der Waals surface area contributed by atoms with Crippen LogP contribution in [0.3, 0.4) is 0 Å². The molecule has 0 N–H and O–H groups in total. The smallest absolute Gasteiger partial charge is 0.367 e. The Hall–Kier alpha value is -4.03. The summed E-state index contributed by atoms with van der Waals surface area (Å²) in [4.78, 5) is 47.8. The first-order valence-corrected chi connectivity index (χ1v) is 12.8. The summed E-state index contributed by atoms with van der Waals surface area (Å²) in [6, 6.07) is 14.2. The van der Waals surface area contributed by atoms with Crippen LogP contribution in [0.15, 0.2) is 66.7 Å². The van der Waals surface area contributed by atoms with Gasteiger partial charge in [-0.2, -0.15) is 8.78 Å². The Bertz CT molecular complexity index is 1560. The first-order chi connectivity index (χ1) is 18.2. The number of nitro benzene ring substituents is 1. The average molecular weight is 676 g/mol. The van der Waals surface area contributed by atoms with Crippen molar-refractivity contribution in [2.45, 2.75) is 5.25 Å². The topological polar surface area (TPSA) is 179 Å². The lowest BCUT2D eigenvalue weighted by molar-refractivity contribution is -0.385. The fraction of sp³-hybridized carbons (Fsp3) is 0.0870. The molecule has 0 unspecified atom stereocenters. The summed E-state index contributed by atoms with van der Waals surface area (Å²) in [5, 5.41) is 6.28. The van der Waals surface area contributed by atoms with Crippen molar-refractivity contribution in [2.24, 2.45) is 0 Å². The number of alkyl halides is 2. The van der Waals surface area contributed by atoms with Gasteiger partial charge in [-0.15, -0.1) is 0 Å². The Morgan fingerprint density at radius 1 is 0.897 bits per heavy atom. The Labute approximate surface area is 231 Å². The Kier molecular flexibility index (Phi) is 8.92. The van der Waals surface area contributed by atoms with Gasteiger partial charge in [0.2, 0.25) is 0 Å². The second-order valence-electron chi connectivity index (χ2n) is 7.39. The molecule has 3 aromatic carbocycles. The lowest BCUT2D eigenvalue weighted by Crippen LogP contribution is -2.34. The van der Waals surface area contributed by atoms with Crippen LogP contribution in [-0.4, -0.2) is 47.7 Å². The third-order valence-corrected chi connectivity index (χ3v) is 6.23. The normalized spacial score (nSPS) is 11.4. The summed E-state index contributed by atoms with van der Waals surface area (Å²) < 4.78 is 73.6. The summed E-state index contributed by atoms with van der Waals surface area (Å²) in [6.07, 6.45) is 0. The van der Waals surface area contributed by atoms with Gasteiger partial charge in [-0.05, 0) is 59.0 Å². The number of rotatable bonds is 9. The highest BCUT2D eigenvalue weighted by Gasteiger charge is 2.40. The maximum atomic E-state index is 13.4. The molecule has 3 aromatic rings. The summed E-state index contributed by atoms with van der Waals surface area (Å²) in [5.74, 6) is -4.39. The van der Waals surface area contributed by atoms with Gasteiger partial charge in [-0.25, -0.2) is 22.8 Å². The molecule has 0 saturated carbocycles. The van der Waals surface area contributed by atoms with E-state index in [0.717, 1.165) is 6.07 Å². The average Bonchev–Trinajstić information content (AvgIpc) is 2.87. The van der Waals surface area contributed by atoms with Crippen LogP contribution in [0.5, 0.6) is 11.5 Å². The number of hydrogen-bond acceptors (Lipinski definition) is 11. The number of halogens is 3. The third kappa shape index (κ3) is 7.30. The van der Waals surface area contributed by atoms with Crippen LogP contribution >= 0.6 is 22.6 Å². The predicted molar refractivity (Wildman–Crippen MR) is 134 cm³/mol. The minimum Gasteiger partial charge on any atom is -0.743 e. The molecule has 0 atom stereocenters. The van der Waals surface area contributed by atoms with E-state index in [2.05, 4.69) is 4.74 Å². The lowest BCUT2D eigenvalue weighted by Gasteiger charge is -2.19. The van der Waals surface area contributed by atoms with Crippen molar-refractivity contribution in [2.75, 3.05) is 6.61 Å². The van der Waals surface area contributed by atoms with Crippen molar-refractivity contribution in [3.8, 4) is 11.5 Å². The Morgan fingerprint density at radius 2 is 1.56 bits per heavy atom. The molecule has 0 fully saturated rings. The van der Waals surface area contributed by atoms with Crippen LogP contribution < -0.4 is 9.47 Å². The van der Waals surface area contributed by atoms with Gasteiger partial charge in [0, 0.05) is 15.7 Å². The van der Waals surface area contributed by atoms with E-state index in [1.807, 2.05) is 22.6 Å². The monoisotopic (exact) mass is 676 g/mol. The molecule has 0 bridgehead atoms. The highest BCUT2D eigenvalue weighted by molar-refractivity contribution is 14.1. The van der Waals surface area contributed by atoms with E-state index in [0.29, 0.717) is 15.7 Å². The zero-order valence-electron chi connectivity index (χ0n) is 19.0. The minimum atomic E-state index is -6.20. The zero-order valence-corrected chi connectivity index (χ0v) is 22.0. The van der Waals surface area contributed by atoms with Crippen LogP contribution in [0, 0.1) is 13.7 Å². The van der Waals surface area contributed by atoms with E-state index in [4.69, 9.17) is 9.47 Å². The second kappa shape index (κ2) is 11.8. The molecule has 16 heteroatoms. The number of carbonyl (C=O) groups is 3. The molecule has 3 rings (SSSR count). The fourth-order valence-electron chi connectivity index (χ4n) is 2.85. The molecule has 0 radical (unpaired) electrons. The molecule has 12 nitrogen and oxygen atoms in total. The highest BCUT2D eigenvalue weighted by atomic mass is 127. The van der Waals surface area contributed by atoms with Crippen molar-refractivity contribution >= 4 is 56.3 Å². The molecule has 204 valence electrons. The van der Waals surface area contributed by atoms with Crippen molar-refractivity contribution in [1.29, 1.82) is 0 Å². The van der Waals surface area contributed by atoms with Crippen molar-refractivity contribution in [3.05, 3.63) is 97.1 Å². The summed E-state index contributed by atoms with van der Waals surface area (Å²) in [6.45, 7) is -2.21. The van der Waals surface area contributed by atoms with E-state index in [1.54, 1.807) is 18.2 Å². The quantitative estimate of drug-likeness (QED) is 0.0801. The lowest BCUT2D eigenvalue weighted by atomic mass is 10.1. The van der Waals surface area contributed by atoms with Crippen LogP contribution in [0.2, 0.25) is 0 Å². The minimum absolute atomic E-state index is 0.185. The van der Waals surface area contributed by atoms with Gasteiger partial charge < -0.3 is 18.8 Å². The van der Waals surface area contributed by atoms with Crippen molar-refractivity contribution in [3.63, 3.8) is 0 Å². The molecule has 0 saturated heterocycles. The molecule has 0 spiro atoms. The van der Waals surface area contributed by atoms with Gasteiger partial charge >= 0.3 is 23.2 Å². The van der Waals surface area contributed by atoms with Crippen molar-refractivity contribution in [1.82, 2.24) is 0 Å².